The molecule has 1 saturated heterocycles. The van der Waals surface area contributed by atoms with E-state index in [1.807, 2.05) is 0 Å². The highest BCUT2D eigenvalue weighted by atomic mass is 16.4. The molecule has 20 heavy (non-hydrogen) atoms. The van der Waals surface area contributed by atoms with E-state index in [2.05, 4.69) is 5.16 Å². The Morgan fingerprint density at radius 2 is 1.90 bits per heavy atom. The normalized spacial score (nSPS) is 19.9. The lowest BCUT2D eigenvalue weighted by molar-refractivity contribution is 0.0676. The van der Waals surface area contributed by atoms with Crippen LogP contribution in [-0.2, 0) is 0 Å². The van der Waals surface area contributed by atoms with Gasteiger partial charge in [0, 0.05) is 18.2 Å². The number of hydrogen-bond donors (Lipinski definition) is 4. The zero-order valence-corrected chi connectivity index (χ0v) is 10.9. The van der Waals surface area contributed by atoms with Gasteiger partial charge < -0.3 is 26.1 Å². The van der Waals surface area contributed by atoms with Crippen LogP contribution >= 0.6 is 0 Å². The third-order valence-electron chi connectivity index (χ3n) is 3.37. The van der Waals surface area contributed by atoms with Crippen molar-refractivity contribution in [2.24, 2.45) is 10.9 Å². The number of hydrogen-bond acceptors (Lipinski definition) is 5. The smallest absolute Gasteiger partial charge is 0.254 e. The molecule has 1 aliphatic rings. The monoisotopic (exact) mass is 279 g/mol. The first-order chi connectivity index (χ1) is 9.52. The van der Waals surface area contributed by atoms with Crippen LogP contribution in [0.15, 0.2) is 23.4 Å². The molecule has 2 rings (SSSR count). The first-order valence-corrected chi connectivity index (χ1v) is 6.34. The second kappa shape index (κ2) is 5.68. The fraction of sp³-hybridized carbons (Fsp3) is 0.385. The average Bonchev–Trinajstić information content (AvgIpc) is 2.44. The molecular weight excluding hydrogens is 262 g/mol. The standard InChI is InChI=1S/C13H17N3O4/c14-12(15-20)11-3-1-2-4-16(11)13(19)8-5-9(17)7-10(18)6-8/h5-7,11,17-18,20H,1-4H2,(H2,14,15). The van der Waals surface area contributed by atoms with E-state index in [1.54, 1.807) is 0 Å². The van der Waals surface area contributed by atoms with Gasteiger partial charge in [0.1, 0.15) is 11.5 Å². The topological polar surface area (TPSA) is 119 Å². The van der Waals surface area contributed by atoms with Gasteiger partial charge in [-0.05, 0) is 31.4 Å². The molecule has 0 aliphatic carbocycles. The Morgan fingerprint density at radius 1 is 1.25 bits per heavy atom. The number of carbonyl (C=O) groups excluding carboxylic acids is 1. The number of phenols is 2. The number of benzene rings is 1. The van der Waals surface area contributed by atoms with Crippen LogP contribution in [0.25, 0.3) is 0 Å². The Labute approximate surface area is 115 Å². The van der Waals surface area contributed by atoms with E-state index in [-0.39, 0.29) is 28.8 Å². The van der Waals surface area contributed by atoms with Gasteiger partial charge in [0.25, 0.3) is 5.91 Å². The van der Waals surface area contributed by atoms with Crippen molar-refractivity contribution in [2.75, 3.05) is 6.54 Å². The maximum Gasteiger partial charge on any atom is 0.254 e. The molecule has 1 atom stereocenters. The van der Waals surface area contributed by atoms with Gasteiger partial charge in [-0.2, -0.15) is 0 Å². The summed E-state index contributed by atoms with van der Waals surface area (Å²) in [5, 5.41) is 30.7. The third-order valence-corrected chi connectivity index (χ3v) is 3.37. The summed E-state index contributed by atoms with van der Waals surface area (Å²) in [7, 11) is 0. The first-order valence-electron chi connectivity index (χ1n) is 6.34. The second-order valence-electron chi connectivity index (χ2n) is 4.77. The summed E-state index contributed by atoms with van der Waals surface area (Å²) in [6.07, 6.45) is 2.33. The second-order valence-corrected chi connectivity index (χ2v) is 4.77. The fourth-order valence-electron chi connectivity index (χ4n) is 2.43. The van der Waals surface area contributed by atoms with Crippen molar-refractivity contribution in [3.8, 4) is 11.5 Å². The lowest BCUT2D eigenvalue weighted by Gasteiger charge is -2.34. The molecule has 0 spiro atoms. The van der Waals surface area contributed by atoms with Gasteiger partial charge in [-0.15, -0.1) is 0 Å². The van der Waals surface area contributed by atoms with E-state index >= 15 is 0 Å². The van der Waals surface area contributed by atoms with E-state index in [4.69, 9.17) is 10.9 Å². The summed E-state index contributed by atoms with van der Waals surface area (Å²) in [6.45, 7) is 0.482. The largest absolute Gasteiger partial charge is 0.508 e. The Balaban J connectivity index is 2.29. The van der Waals surface area contributed by atoms with Crippen LogP contribution in [0.5, 0.6) is 11.5 Å². The van der Waals surface area contributed by atoms with E-state index in [9.17, 15) is 15.0 Å². The highest BCUT2D eigenvalue weighted by Gasteiger charge is 2.30. The molecule has 1 heterocycles. The SMILES string of the molecule is N/C(=N/O)C1CCCCN1C(=O)c1cc(O)cc(O)c1. The molecule has 0 bridgehead atoms. The molecule has 1 unspecified atom stereocenters. The number of nitrogens with zero attached hydrogens (tertiary/aromatic N) is 2. The first kappa shape index (κ1) is 14.0. The van der Waals surface area contributed by atoms with Crippen LogP contribution in [0.1, 0.15) is 29.6 Å². The number of likely N-dealkylation sites (tertiary alicyclic amines) is 1. The lowest BCUT2D eigenvalue weighted by Crippen LogP contribution is -2.50. The van der Waals surface area contributed by atoms with Crippen LogP contribution in [0.3, 0.4) is 0 Å². The van der Waals surface area contributed by atoms with Crippen LogP contribution in [0.2, 0.25) is 0 Å². The van der Waals surface area contributed by atoms with E-state index in [1.165, 1.54) is 17.0 Å². The van der Waals surface area contributed by atoms with Gasteiger partial charge in [-0.25, -0.2) is 0 Å². The van der Waals surface area contributed by atoms with Crippen LogP contribution in [0.4, 0.5) is 0 Å². The summed E-state index contributed by atoms with van der Waals surface area (Å²) < 4.78 is 0. The van der Waals surface area contributed by atoms with Gasteiger partial charge in [-0.3, -0.25) is 4.79 Å². The van der Waals surface area contributed by atoms with Gasteiger partial charge in [0.2, 0.25) is 0 Å². The predicted octanol–water partition coefficient (Wildman–Crippen LogP) is 0.839. The van der Waals surface area contributed by atoms with Crippen molar-refractivity contribution < 1.29 is 20.2 Å². The number of piperidine rings is 1. The maximum absolute atomic E-state index is 12.4. The minimum absolute atomic E-state index is 0.0116. The molecule has 7 nitrogen and oxygen atoms in total. The van der Waals surface area contributed by atoms with E-state index in [0.29, 0.717) is 13.0 Å². The highest BCUT2D eigenvalue weighted by molar-refractivity contribution is 5.99. The molecular formula is C13H17N3O4. The molecule has 0 radical (unpaired) electrons. The summed E-state index contributed by atoms with van der Waals surface area (Å²) >= 11 is 0. The Kier molecular flexibility index (Phi) is 3.97. The summed E-state index contributed by atoms with van der Waals surface area (Å²) in [4.78, 5) is 13.9. The molecule has 108 valence electrons. The van der Waals surface area contributed by atoms with Crippen molar-refractivity contribution in [2.45, 2.75) is 25.3 Å². The lowest BCUT2D eigenvalue weighted by atomic mass is 10.00. The van der Waals surface area contributed by atoms with Crippen molar-refractivity contribution in [3.63, 3.8) is 0 Å². The van der Waals surface area contributed by atoms with Gasteiger partial charge in [-0.1, -0.05) is 5.16 Å². The Morgan fingerprint density at radius 3 is 2.50 bits per heavy atom. The van der Waals surface area contributed by atoms with E-state index in [0.717, 1.165) is 18.9 Å². The van der Waals surface area contributed by atoms with Crippen LogP contribution in [-0.4, -0.2) is 44.6 Å². The molecule has 1 aromatic rings. The number of aromatic hydroxyl groups is 2. The number of rotatable bonds is 2. The minimum Gasteiger partial charge on any atom is -0.508 e. The number of oxime groups is 1. The molecule has 1 aromatic carbocycles. The van der Waals surface area contributed by atoms with Crippen molar-refractivity contribution in [1.82, 2.24) is 4.90 Å². The average molecular weight is 279 g/mol. The molecule has 7 heteroatoms. The minimum atomic E-state index is -0.467. The third kappa shape index (κ3) is 2.76. The Bertz CT molecular complexity index is 524. The summed E-state index contributed by atoms with van der Waals surface area (Å²) in [5.41, 5.74) is 5.79. The zero-order chi connectivity index (χ0) is 14.7. The maximum atomic E-state index is 12.4. The van der Waals surface area contributed by atoms with Gasteiger partial charge in [0.05, 0.1) is 6.04 Å². The molecule has 1 fully saturated rings. The van der Waals surface area contributed by atoms with Crippen molar-refractivity contribution >= 4 is 11.7 Å². The molecule has 0 saturated carbocycles. The Hall–Kier alpha value is -2.44. The summed E-state index contributed by atoms with van der Waals surface area (Å²) in [6, 6.07) is 3.24. The van der Waals surface area contributed by atoms with Gasteiger partial charge >= 0.3 is 0 Å². The number of carbonyl (C=O) groups is 1. The molecule has 0 aromatic heterocycles. The summed E-state index contributed by atoms with van der Waals surface area (Å²) in [5.74, 6) is -0.758. The number of nitrogens with two attached hydrogens (primary N) is 1. The fourth-order valence-corrected chi connectivity index (χ4v) is 2.43. The van der Waals surface area contributed by atoms with Crippen molar-refractivity contribution in [3.05, 3.63) is 23.8 Å². The van der Waals surface area contributed by atoms with Crippen LogP contribution < -0.4 is 5.73 Å². The molecule has 1 amide bonds. The predicted molar refractivity (Wildman–Crippen MR) is 71.9 cm³/mol. The van der Waals surface area contributed by atoms with Gasteiger partial charge in [0.15, 0.2) is 5.84 Å². The van der Waals surface area contributed by atoms with Crippen LogP contribution in [0, 0.1) is 0 Å². The number of amidine groups is 1. The molecule has 5 N–H and O–H groups in total. The quantitative estimate of drug-likeness (QED) is 0.277. The number of phenolic OH excluding ortho intramolecular Hbond substituents is 2. The number of amides is 1. The van der Waals surface area contributed by atoms with Crippen molar-refractivity contribution in [1.29, 1.82) is 0 Å². The zero-order valence-electron chi connectivity index (χ0n) is 10.9. The highest BCUT2D eigenvalue weighted by Crippen LogP contribution is 2.24. The van der Waals surface area contributed by atoms with E-state index < -0.39 is 6.04 Å². The molecule has 1 aliphatic heterocycles.